The number of rotatable bonds is 8. The maximum absolute atomic E-state index is 11.5. The number of ether oxygens (including phenoxy) is 2. The number of carbonyl (C=O) groups excluding carboxylic acids is 1. The van der Waals surface area contributed by atoms with Crippen LogP contribution in [0.4, 0.5) is 0 Å². The number of hydrogen-bond acceptors (Lipinski definition) is 5. The van der Waals surface area contributed by atoms with Gasteiger partial charge in [-0.1, -0.05) is 0 Å². The molecule has 0 saturated heterocycles. The van der Waals surface area contributed by atoms with Crippen molar-refractivity contribution in [2.75, 3.05) is 13.2 Å². The first-order chi connectivity index (χ1) is 7.32. The molecule has 0 radical (unpaired) electrons. The third-order valence-corrected chi connectivity index (χ3v) is 2.05. The lowest BCUT2D eigenvalue weighted by molar-refractivity contribution is -0.193. The van der Waals surface area contributed by atoms with Crippen LogP contribution in [0.1, 0.15) is 34.1 Å². The van der Waals surface area contributed by atoms with Crippen molar-refractivity contribution in [3.05, 3.63) is 0 Å². The summed E-state index contributed by atoms with van der Waals surface area (Å²) in [5.41, 5.74) is -1.44. The smallest absolute Gasteiger partial charge is 0.183 e. The van der Waals surface area contributed by atoms with Crippen molar-refractivity contribution in [3.8, 4) is 0 Å². The van der Waals surface area contributed by atoms with Crippen molar-refractivity contribution in [1.82, 2.24) is 0 Å². The zero-order valence-corrected chi connectivity index (χ0v) is 10.4. The molecule has 0 aromatic carbocycles. The van der Waals surface area contributed by atoms with Gasteiger partial charge in [-0.15, -0.1) is 0 Å². The van der Waals surface area contributed by atoms with E-state index in [-0.39, 0.29) is 6.42 Å². The molecule has 0 aliphatic rings. The molecule has 1 atom stereocenters. The van der Waals surface area contributed by atoms with Gasteiger partial charge in [0.05, 0.1) is 0 Å². The first-order valence-corrected chi connectivity index (χ1v) is 5.49. The van der Waals surface area contributed by atoms with E-state index in [9.17, 15) is 15.0 Å². The van der Waals surface area contributed by atoms with Gasteiger partial charge in [-0.25, -0.2) is 0 Å². The molecule has 0 fully saturated rings. The lowest BCUT2D eigenvalue weighted by Crippen LogP contribution is -2.39. The number of hydrogen-bond donors (Lipinski definition) is 2. The van der Waals surface area contributed by atoms with Gasteiger partial charge in [-0.2, -0.15) is 0 Å². The van der Waals surface area contributed by atoms with E-state index in [0.29, 0.717) is 13.2 Å². The maximum Gasteiger partial charge on any atom is 0.183 e. The molecule has 0 heterocycles. The summed E-state index contributed by atoms with van der Waals surface area (Å²) in [6.45, 7) is 7.10. The quantitative estimate of drug-likeness (QED) is 0.597. The van der Waals surface area contributed by atoms with Crippen LogP contribution < -0.4 is 0 Å². The Kier molecular flexibility index (Phi) is 6.74. The van der Waals surface area contributed by atoms with Crippen LogP contribution in [0, 0.1) is 0 Å². The molecule has 0 aromatic rings. The Balaban J connectivity index is 4.29. The molecule has 2 N–H and O–H groups in total. The van der Waals surface area contributed by atoms with E-state index >= 15 is 0 Å². The number of ketones is 1. The molecular weight excluding hydrogens is 212 g/mol. The minimum Gasteiger partial charge on any atom is -0.387 e. The number of carbonyl (C=O) groups is 1. The van der Waals surface area contributed by atoms with Gasteiger partial charge < -0.3 is 19.7 Å². The van der Waals surface area contributed by atoms with Crippen LogP contribution in [0.2, 0.25) is 0 Å². The van der Waals surface area contributed by atoms with Crippen LogP contribution in [-0.2, 0) is 14.3 Å². The lowest BCUT2D eigenvalue weighted by atomic mass is 9.98. The van der Waals surface area contributed by atoms with Gasteiger partial charge in [0.2, 0.25) is 0 Å². The average molecular weight is 234 g/mol. The molecule has 5 heteroatoms. The molecule has 1 unspecified atom stereocenters. The fourth-order valence-electron chi connectivity index (χ4n) is 1.13. The average Bonchev–Trinajstić information content (AvgIpc) is 2.15. The van der Waals surface area contributed by atoms with Gasteiger partial charge >= 0.3 is 0 Å². The van der Waals surface area contributed by atoms with E-state index in [0.717, 1.165) is 0 Å². The molecule has 0 bridgehead atoms. The second kappa shape index (κ2) is 6.96. The summed E-state index contributed by atoms with van der Waals surface area (Å²) in [7, 11) is 0. The SMILES string of the molecule is CCOC(OCC)C(O)CC(=O)C(C)(C)O. The van der Waals surface area contributed by atoms with Gasteiger partial charge in [0.1, 0.15) is 11.7 Å². The van der Waals surface area contributed by atoms with Crippen LogP contribution >= 0.6 is 0 Å². The summed E-state index contributed by atoms with van der Waals surface area (Å²) in [5.74, 6) is -0.440. The number of Topliss-reactive ketones (excluding diaryl/α,β-unsaturated/α-hetero) is 1. The minimum absolute atomic E-state index is 0.186. The molecule has 5 nitrogen and oxygen atoms in total. The van der Waals surface area contributed by atoms with E-state index < -0.39 is 23.8 Å². The Morgan fingerprint density at radius 1 is 1.25 bits per heavy atom. The standard InChI is InChI=1S/C11H22O5/c1-5-15-10(16-6-2)8(12)7-9(13)11(3,4)14/h8,10,12,14H,5-7H2,1-4H3. The summed E-state index contributed by atoms with van der Waals surface area (Å²) < 4.78 is 10.3. The van der Waals surface area contributed by atoms with Crippen molar-refractivity contribution >= 4 is 5.78 Å². The molecular formula is C11H22O5. The largest absolute Gasteiger partial charge is 0.387 e. The van der Waals surface area contributed by atoms with E-state index in [1.807, 2.05) is 0 Å². The molecule has 0 aliphatic heterocycles. The third-order valence-electron chi connectivity index (χ3n) is 2.05. The first-order valence-electron chi connectivity index (χ1n) is 5.49. The molecule has 0 aromatic heterocycles. The van der Waals surface area contributed by atoms with Crippen molar-refractivity contribution < 1.29 is 24.5 Å². The zero-order chi connectivity index (χ0) is 12.8. The Labute approximate surface area is 96.4 Å². The lowest BCUT2D eigenvalue weighted by Gasteiger charge is -2.24. The van der Waals surface area contributed by atoms with Crippen LogP contribution in [0.25, 0.3) is 0 Å². The first kappa shape index (κ1) is 15.5. The molecule has 96 valence electrons. The highest BCUT2D eigenvalue weighted by molar-refractivity contribution is 5.86. The molecule has 0 spiro atoms. The van der Waals surface area contributed by atoms with Crippen LogP contribution in [0.15, 0.2) is 0 Å². The maximum atomic E-state index is 11.5. The highest BCUT2D eigenvalue weighted by atomic mass is 16.7. The van der Waals surface area contributed by atoms with Crippen molar-refractivity contribution in [2.24, 2.45) is 0 Å². The van der Waals surface area contributed by atoms with E-state index in [4.69, 9.17) is 9.47 Å². The number of aliphatic hydroxyl groups excluding tert-OH is 1. The Morgan fingerprint density at radius 3 is 2.00 bits per heavy atom. The second-order valence-corrected chi connectivity index (χ2v) is 4.03. The highest BCUT2D eigenvalue weighted by Crippen LogP contribution is 2.12. The molecule has 0 rings (SSSR count). The predicted molar refractivity (Wildman–Crippen MR) is 59.0 cm³/mol. The van der Waals surface area contributed by atoms with E-state index in [2.05, 4.69) is 0 Å². The fourth-order valence-corrected chi connectivity index (χ4v) is 1.13. The van der Waals surface area contributed by atoms with Gasteiger partial charge in [-0.05, 0) is 27.7 Å². The summed E-state index contributed by atoms with van der Waals surface area (Å²) in [6.07, 6.45) is -2.06. The highest BCUT2D eigenvalue weighted by Gasteiger charge is 2.30. The van der Waals surface area contributed by atoms with Crippen molar-refractivity contribution in [2.45, 2.75) is 52.1 Å². The summed E-state index contributed by atoms with van der Waals surface area (Å²) in [6, 6.07) is 0. The van der Waals surface area contributed by atoms with Gasteiger partial charge in [0.15, 0.2) is 12.1 Å². The summed E-state index contributed by atoms with van der Waals surface area (Å²) in [4.78, 5) is 11.5. The van der Waals surface area contributed by atoms with E-state index in [1.165, 1.54) is 13.8 Å². The summed E-state index contributed by atoms with van der Waals surface area (Å²) >= 11 is 0. The minimum atomic E-state index is -1.44. The van der Waals surface area contributed by atoms with Crippen LogP contribution in [0.5, 0.6) is 0 Å². The van der Waals surface area contributed by atoms with Crippen molar-refractivity contribution in [1.29, 1.82) is 0 Å². The zero-order valence-electron chi connectivity index (χ0n) is 10.4. The molecule has 0 amide bonds. The summed E-state index contributed by atoms with van der Waals surface area (Å²) in [5, 5.41) is 19.2. The second-order valence-electron chi connectivity index (χ2n) is 4.03. The Bertz CT molecular complexity index is 203. The fraction of sp³-hybridized carbons (Fsp3) is 0.909. The predicted octanol–water partition coefficient (Wildman–Crippen LogP) is 0.476. The van der Waals surface area contributed by atoms with Gasteiger partial charge in [0, 0.05) is 19.6 Å². The monoisotopic (exact) mass is 234 g/mol. The number of aliphatic hydroxyl groups is 2. The van der Waals surface area contributed by atoms with E-state index in [1.54, 1.807) is 13.8 Å². The van der Waals surface area contributed by atoms with Crippen LogP contribution in [-0.4, -0.2) is 47.2 Å². The third kappa shape index (κ3) is 5.55. The molecule has 0 saturated carbocycles. The molecule has 16 heavy (non-hydrogen) atoms. The Hall–Kier alpha value is -0.490. The molecule has 0 aliphatic carbocycles. The topological polar surface area (TPSA) is 76.0 Å². The normalized spacial score (nSPS) is 14.2. The van der Waals surface area contributed by atoms with Crippen molar-refractivity contribution in [3.63, 3.8) is 0 Å². The van der Waals surface area contributed by atoms with Gasteiger partial charge in [-0.3, -0.25) is 4.79 Å². The van der Waals surface area contributed by atoms with Gasteiger partial charge in [0.25, 0.3) is 0 Å². The van der Waals surface area contributed by atoms with Crippen LogP contribution in [0.3, 0.4) is 0 Å². The Morgan fingerprint density at radius 2 is 1.69 bits per heavy atom.